The van der Waals surface area contributed by atoms with Crippen LogP contribution in [0.5, 0.6) is 0 Å². The zero-order valence-electron chi connectivity index (χ0n) is 20.5. The largest absolute Gasteiger partial charge is 0.355 e. The van der Waals surface area contributed by atoms with Crippen LogP contribution in [-0.2, 0) is 17.8 Å². The number of aromatic nitrogens is 3. The maximum absolute atomic E-state index is 12.1. The smallest absolute Gasteiger partial charge is 0.243 e. The Hall–Kier alpha value is -2.21. The van der Waals surface area contributed by atoms with Gasteiger partial charge in [-0.25, -0.2) is 4.99 Å². The van der Waals surface area contributed by atoms with Gasteiger partial charge in [-0.05, 0) is 18.7 Å². The molecule has 0 saturated carbocycles. The lowest BCUT2D eigenvalue weighted by Crippen LogP contribution is -2.44. The molecule has 0 radical (unpaired) electrons. The van der Waals surface area contributed by atoms with Crippen molar-refractivity contribution < 1.29 is 4.79 Å². The average molecular weight is 571 g/mol. The highest BCUT2D eigenvalue weighted by atomic mass is 127. The molecule has 0 fully saturated rings. The number of aryl methyl sites for hydroxylation is 1. The quantitative estimate of drug-likeness (QED) is 0.231. The molecule has 10 heteroatoms. The van der Waals surface area contributed by atoms with Crippen molar-refractivity contribution in [3.05, 3.63) is 48.0 Å². The maximum Gasteiger partial charge on any atom is 0.243 e. The van der Waals surface area contributed by atoms with Crippen molar-refractivity contribution in [1.82, 2.24) is 35.2 Å². The van der Waals surface area contributed by atoms with Gasteiger partial charge in [0.25, 0.3) is 0 Å². The van der Waals surface area contributed by atoms with Crippen LogP contribution in [-0.4, -0.2) is 83.3 Å². The van der Waals surface area contributed by atoms with E-state index in [-0.39, 0.29) is 42.5 Å². The standard InChI is InChI=1S/C23H38N8O.HI/c1-6-21-28-27-18-31(21)15-14-24-23(26-17-22(32)29(4)5)25-16-20(30(7-2)8-3)19-12-10-9-11-13-19;/h9-13,18,20H,6-8,14-17H2,1-5H3,(H2,24,25,26);1H. The highest BCUT2D eigenvalue weighted by Crippen LogP contribution is 2.19. The Morgan fingerprint density at radius 1 is 1.12 bits per heavy atom. The van der Waals surface area contributed by atoms with Crippen LogP contribution in [0, 0.1) is 0 Å². The summed E-state index contributed by atoms with van der Waals surface area (Å²) in [6.07, 6.45) is 2.57. The summed E-state index contributed by atoms with van der Waals surface area (Å²) < 4.78 is 2.03. The molecule has 184 valence electrons. The molecular weight excluding hydrogens is 531 g/mol. The normalized spacial score (nSPS) is 12.2. The SMILES string of the molecule is CCc1nncn1CCNC(=NCC(=O)N(C)C)NCC(c1ccccc1)N(CC)CC.I. The van der Waals surface area contributed by atoms with Crippen molar-refractivity contribution in [2.75, 3.05) is 46.8 Å². The Morgan fingerprint density at radius 3 is 2.42 bits per heavy atom. The molecule has 0 aliphatic carbocycles. The van der Waals surface area contributed by atoms with Crippen molar-refractivity contribution in [2.24, 2.45) is 4.99 Å². The van der Waals surface area contributed by atoms with Crippen molar-refractivity contribution in [2.45, 2.75) is 39.8 Å². The van der Waals surface area contributed by atoms with E-state index in [2.05, 4.69) is 75.8 Å². The van der Waals surface area contributed by atoms with Crippen LogP contribution in [0.25, 0.3) is 0 Å². The summed E-state index contributed by atoms with van der Waals surface area (Å²) in [5.74, 6) is 1.53. The fraction of sp³-hybridized carbons (Fsp3) is 0.565. The van der Waals surface area contributed by atoms with Gasteiger partial charge < -0.3 is 20.1 Å². The minimum atomic E-state index is -0.0402. The molecule has 9 nitrogen and oxygen atoms in total. The van der Waals surface area contributed by atoms with E-state index in [0.29, 0.717) is 19.0 Å². The minimum absolute atomic E-state index is 0. The Labute approximate surface area is 215 Å². The second-order valence-corrected chi connectivity index (χ2v) is 7.70. The van der Waals surface area contributed by atoms with Crippen molar-refractivity contribution in [3.8, 4) is 0 Å². The van der Waals surface area contributed by atoms with Gasteiger partial charge in [-0.2, -0.15) is 0 Å². The first kappa shape index (κ1) is 28.8. The third kappa shape index (κ3) is 9.28. The van der Waals surface area contributed by atoms with Gasteiger partial charge in [0.15, 0.2) is 5.96 Å². The first-order valence-electron chi connectivity index (χ1n) is 11.4. The Bertz CT molecular complexity index is 836. The fourth-order valence-corrected chi connectivity index (χ4v) is 3.49. The van der Waals surface area contributed by atoms with E-state index in [0.717, 1.165) is 31.9 Å². The molecule has 1 heterocycles. The molecule has 1 aromatic heterocycles. The first-order valence-corrected chi connectivity index (χ1v) is 11.4. The number of halogens is 1. The molecule has 2 rings (SSSR count). The molecule has 0 aliphatic heterocycles. The summed E-state index contributed by atoms with van der Waals surface area (Å²) in [7, 11) is 3.48. The average Bonchev–Trinajstić information content (AvgIpc) is 3.27. The van der Waals surface area contributed by atoms with E-state index in [1.165, 1.54) is 5.56 Å². The van der Waals surface area contributed by atoms with E-state index in [1.807, 2.05) is 10.6 Å². The molecular formula is C23H39IN8O. The van der Waals surface area contributed by atoms with E-state index in [4.69, 9.17) is 0 Å². The number of amides is 1. The van der Waals surface area contributed by atoms with E-state index in [9.17, 15) is 4.79 Å². The zero-order valence-corrected chi connectivity index (χ0v) is 22.8. The summed E-state index contributed by atoms with van der Waals surface area (Å²) in [5, 5.41) is 14.9. The number of benzene rings is 1. The van der Waals surface area contributed by atoms with E-state index in [1.54, 1.807) is 25.3 Å². The van der Waals surface area contributed by atoms with Crippen LogP contribution in [0.3, 0.4) is 0 Å². The van der Waals surface area contributed by atoms with Gasteiger partial charge in [0.2, 0.25) is 5.91 Å². The van der Waals surface area contributed by atoms with Crippen LogP contribution >= 0.6 is 24.0 Å². The number of nitrogens with zero attached hydrogens (tertiary/aromatic N) is 6. The number of hydrogen-bond acceptors (Lipinski definition) is 5. The number of carbonyl (C=O) groups is 1. The monoisotopic (exact) mass is 570 g/mol. The van der Waals surface area contributed by atoms with E-state index >= 15 is 0 Å². The summed E-state index contributed by atoms with van der Waals surface area (Å²) in [4.78, 5) is 20.6. The van der Waals surface area contributed by atoms with Gasteiger partial charge in [0.1, 0.15) is 18.7 Å². The summed E-state index contributed by atoms with van der Waals surface area (Å²) in [6, 6.07) is 10.7. The third-order valence-electron chi connectivity index (χ3n) is 5.43. The highest BCUT2D eigenvalue weighted by molar-refractivity contribution is 14.0. The van der Waals surface area contributed by atoms with Crippen molar-refractivity contribution in [3.63, 3.8) is 0 Å². The van der Waals surface area contributed by atoms with Gasteiger partial charge in [0, 0.05) is 40.2 Å². The lowest BCUT2D eigenvalue weighted by atomic mass is 10.1. The number of carbonyl (C=O) groups excluding carboxylic acids is 1. The molecule has 1 unspecified atom stereocenters. The second-order valence-electron chi connectivity index (χ2n) is 7.70. The molecule has 1 atom stereocenters. The zero-order chi connectivity index (χ0) is 23.3. The minimum Gasteiger partial charge on any atom is -0.355 e. The second kappa shape index (κ2) is 15.6. The van der Waals surface area contributed by atoms with Crippen molar-refractivity contribution in [1.29, 1.82) is 0 Å². The van der Waals surface area contributed by atoms with Gasteiger partial charge in [-0.15, -0.1) is 34.2 Å². The van der Waals surface area contributed by atoms with Crippen LogP contribution < -0.4 is 10.6 Å². The number of aliphatic imine (C=N–C) groups is 1. The first-order chi connectivity index (χ1) is 15.5. The van der Waals surface area contributed by atoms with Crippen LogP contribution in [0.2, 0.25) is 0 Å². The molecule has 2 N–H and O–H groups in total. The number of likely N-dealkylation sites (N-methyl/N-ethyl adjacent to an activating group) is 2. The van der Waals surface area contributed by atoms with Gasteiger partial charge >= 0.3 is 0 Å². The summed E-state index contributed by atoms with van der Waals surface area (Å²) in [6.45, 7) is 10.4. The van der Waals surface area contributed by atoms with Crippen LogP contribution in [0.15, 0.2) is 41.7 Å². The molecule has 33 heavy (non-hydrogen) atoms. The number of rotatable bonds is 12. The van der Waals surface area contributed by atoms with Crippen LogP contribution in [0.1, 0.15) is 38.2 Å². The topological polar surface area (TPSA) is 90.7 Å². The van der Waals surface area contributed by atoms with Gasteiger partial charge in [-0.1, -0.05) is 51.1 Å². The molecule has 2 aromatic rings. The predicted molar refractivity (Wildman–Crippen MR) is 144 cm³/mol. The lowest BCUT2D eigenvalue weighted by Gasteiger charge is -2.31. The Balaban J connectivity index is 0.00000544. The van der Waals surface area contributed by atoms with E-state index < -0.39 is 0 Å². The Morgan fingerprint density at radius 2 is 1.82 bits per heavy atom. The van der Waals surface area contributed by atoms with Crippen LogP contribution in [0.4, 0.5) is 0 Å². The number of nitrogens with one attached hydrogen (secondary N) is 2. The highest BCUT2D eigenvalue weighted by Gasteiger charge is 2.18. The lowest BCUT2D eigenvalue weighted by molar-refractivity contribution is -0.127. The number of guanidine groups is 1. The van der Waals surface area contributed by atoms with Gasteiger partial charge in [0.05, 0.1) is 6.04 Å². The molecule has 0 bridgehead atoms. The predicted octanol–water partition coefficient (Wildman–Crippen LogP) is 2.17. The molecule has 0 saturated heterocycles. The molecule has 1 amide bonds. The maximum atomic E-state index is 12.1. The molecule has 0 aliphatic rings. The summed E-state index contributed by atoms with van der Waals surface area (Å²) >= 11 is 0. The summed E-state index contributed by atoms with van der Waals surface area (Å²) in [5.41, 5.74) is 1.25. The number of hydrogen-bond donors (Lipinski definition) is 2. The Kier molecular flexibility index (Phi) is 13.6. The fourth-order valence-electron chi connectivity index (χ4n) is 3.49. The van der Waals surface area contributed by atoms with Gasteiger partial charge in [-0.3, -0.25) is 9.69 Å². The van der Waals surface area contributed by atoms with Crippen molar-refractivity contribution >= 4 is 35.8 Å². The molecule has 1 aromatic carbocycles. The molecule has 0 spiro atoms. The third-order valence-corrected chi connectivity index (χ3v) is 5.43.